The molecule has 2 aromatic carbocycles. The molecular formula is C15H12N2O2. The van der Waals surface area contributed by atoms with Crippen LogP contribution in [0.5, 0.6) is 0 Å². The second-order valence-corrected chi connectivity index (χ2v) is 4.36. The average Bonchev–Trinajstić information content (AvgIpc) is 2.86. The highest BCUT2D eigenvalue weighted by Crippen LogP contribution is 2.18. The number of amides is 1. The van der Waals surface area contributed by atoms with Gasteiger partial charge in [-0.2, -0.15) is 0 Å². The first-order valence-electron chi connectivity index (χ1n) is 5.94. The van der Waals surface area contributed by atoms with Crippen molar-refractivity contribution >= 4 is 22.7 Å². The van der Waals surface area contributed by atoms with Gasteiger partial charge >= 0.3 is 0 Å². The lowest BCUT2D eigenvalue weighted by Crippen LogP contribution is -2.11. The molecule has 0 atom stereocenters. The van der Waals surface area contributed by atoms with Gasteiger partial charge in [-0.3, -0.25) is 4.79 Å². The molecule has 0 radical (unpaired) electrons. The molecule has 0 aliphatic carbocycles. The maximum Gasteiger partial charge on any atom is 0.255 e. The number of aromatic nitrogens is 1. The Hall–Kier alpha value is -2.62. The van der Waals surface area contributed by atoms with Crippen molar-refractivity contribution < 1.29 is 9.21 Å². The normalized spacial score (nSPS) is 10.6. The molecule has 1 amide bonds. The van der Waals surface area contributed by atoms with E-state index >= 15 is 0 Å². The van der Waals surface area contributed by atoms with E-state index in [0.29, 0.717) is 16.8 Å². The number of carbonyl (C=O) groups excluding carboxylic acids is 1. The Morgan fingerprint density at radius 1 is 1.21 bits per heavy atom. The molecule has 0 bridgehead atoms. The Morgan fingerprint density at radius 2 is 2.11 bits per heavy atom. The van der Waals surface area contributed by atoms with Crippen LogP contribution in [-0.2, 0) is 0 Å². The van der Waals surface area contributed by atoms with Gasteiger partial charge in [0.1, 0.15) is 5.52 Å². The molecule has 19 heavy (non-hydrogen) atoms. The monoisotopic (exact) mass is 252 g/mol. The number of carbonyl (C=O) groups is 1. The van der Waals surface area contributed by atoms with E-state index in [-0.39, 0.29) is 5.91 Å². The zero-order valence-corrected chi connectivity index (χ0v) is 10.4. The Kier molecular flexibility index (Phi) is 2.76. The van der Waals surface area contributed by atoms with E-state index in [1.54, 1.807) is 18.2 Å². The molecule has 0 saturated heterocycles. The molecule has 3 rings (SSSR count). The molecule has 3 aromatic rings. The quantitative estimate of drug-likeness (QED) is 0.760. The molecule has 0 fully saturated rings. The van der Waals surface area contributed by atoms with E-state index in [9.17, 15) is 4.79 Å². The summed E-state index contributed by atoms with van der Waals surface area (Å²) in [6.45, 7) is 1.96. The van der Waals surface area contributed by atoms with Crippen molar-refractivity contribution in [3.63, 3.8) is 0 Å². The minimum atomic E-state index is -0.137. The van der Waals surface area contributed by atoms with Crippen molar-refractivity contribution in [1.29, 1.82) is 0 Å². The molecule has 94 valence electrons. The third-order valence-electron chi connectivity index (χ3n) is 2.87. The van der Waals surface area contributed by atoms with Crippen LogP contribution in [0.4, 0.5) is 5.69 Å². The van der Waals surface area contributed by atoms with E-state index in [1.807, 2.05) is 31.2 Å². The Bertz CT molecular complexity index is 746. The van der Waals surface area contributed by atoms with Crippen LogP contribution >= 0.6 is 0 Å². The van der Waals surface area contributed by atoms with Gasteiger partial charge in [-0.25, -0.2) is 4.98 Å². The van der Waals surface area contributed by atoms with E-state index in [2.05, 4.69) is 10.3 Å². The van der Waals surface area contributed by atoms with Crippen molar-refractivity contribution in [2.24, 2.45) is 0 Å². The van der Waals surface area contributed by atoms with Gasteiger partial charge in [0.05, 0.1) is 0 Å². The van der Waals surface area contributed by atoms with Crippen molar-refractivity contribution in [3.05, 3.63) is 60.0 Å². The summed E-state index contributed by atoms with van der Waals surface area (Å²) in [6, 6.07) is 12.8. The van der Waals surface area contributed by atoms with Crippen molar-refractivity contribution in [3.8, 4) is 0 Å². The van der Waals surface area contributed by atoms with Gasteiger partial charge in [0.25, 0.3) is 5.91 Å². The second kappa shape index (κ2) is 4.57. The van der Waals surface area contributed by atoms with Crippen LogP contribution in [0.3, 0.4) is 0 Å². The second-order valence-electron chi connectivity index (χ2n) is 4.36. The van der Waals surface area contributed by atoms with Crippen LogP contribution in [0.25, 0.3) is 11.1 Å². The Balaban J connectivity index is 1.86. The Labute approximate surface area is 110 Å². The number of oxazole rings is 1. The van der Waals surface area contributed by atoms with Gasteiger partial charge < -0.3 is 9.73 Å². The number of fused-ring (bicyclic) bond motifs is 1. The maximum absolute atomic E-state index is 12.1. The highest BCUT2D eigenvalue weighted by atomic mass is 16.3. The zero-order chi connectivity index (χ0) is 13.2. The summed E-state index contributed by atoms with van der Waals surface area (Å²) in [6.07, 6.45) is 1.39. The molecular weight excluding hydrogens is 240 g/mol. The number of nitrogens with one attached hydrogen (secondary N) is 1. The largest absolute Gasteiger partial charge is 0.443 e. The highest BCUT2D eigenvalue weighted by Gasteiger charge is 2.07. The van der Waals surface area contributed by atoms with Gasteiger partial charge in [0.2, 0.25) is 0 Å². The van der Waals surface area contributed by atoms with E-state index in [0.717, 1.165) is 11.1 Å². The molecule has 0 saturated carbocycles. The van der Waals surface area contributed by atoms with Crippen LogP contribution in [0.15, 0.2) is 53.3 Å². The van der Waals surface area contributed by atoms with Crippen LogP contribution in [0, 0.1) is 6.92 Å². The summed E-state index contributed by atoms with van der Waals surface area (Å²) >= 11 is 0. The summed E-state index contributed by atoms with van der Waals surface area (Å²) in [5, 5.41) is 2.84. The highest BCUT2D eigenvalue weighted by molar-refractivity contribution is 6.04. The molecule has 1 aromatic heterocycles. The van der Waals surface area contributed by atoms with E-state index < -0.39 is 0 Å². The standard InChI is InChI=1S/C15H12N2O2/c1-10-3-2-4-11(7-10)15(18)17-12-5-6-13-14(8-12)19-9-16-13/h2-9H,1H3,(H,17,18). The molecule has 0 aliphatic heterocycles. The number of rotatable bonds is 2. The predicted molar refractivity (Wildman–Crippen MR) is 73.1 cm³/mol. The predicted octanol–water partition coefficient (Wildman–Crippen LogP) is 3.39. The van der Waals surface area contributed by atoms with Crippen LogP contribution < -0.4 is 5.32 Å². The number of nitrogens with zero attached hydrogens (tertiary/aromatic N) is 1. The molecule has 1 N–H and O–H groups in total. The summed E-state index contributed by atoms with van der Waals surface area (Å²) in [5.74, 6) is -0.137. The maximum atomic E-state index is 12.1. The first-order chi connectivity index (χ1) is 9.22. The fourth-order valence-corrected chi connectivity index (χ4v) is 1.92. The number of aryl methyl sites for hydroxylation is 1. The number of hydrogen-bond donors (Lipinski definition) is 1. The fourth-order valence-electron chi connectivity index (χ4n) is 1.92. The first kappa shape index (κ1) is 11.5. The van der Waals surface area contributed by atoms with Crippen LogP contribution in [-0.4, -0.2) is 10.9 Å². The minimum Gasteiger partial charge on any atom is -0.443 e. The third-order valence-corrected chi connectivity index (χ3v) is 2.87. The van der Waals surface area contributed by atoms with Crippen molar-refractivity contribution in [2.75, 3.05) is 5.32 Å². The number of anilines is 1. The van der Waals surface area contributed by atoms with E-state index in [1.165, 1.54) is 6.39 Å². The van der Waals surface area contributed by atoms with Crippen molar-refractivity contribution in [1.82, 2.24) is 4.98 Å². The topological polar surface area (TPSA) is 55.1 Å². The number of hydrogen-bond acceptors (Lipinski definition) is 3. The average molecular weight is 252 g/mol. The molecule has 0 spiro atoms. The molecule has 0 aliphatic rings. The molecule has 0 unspecified atom stereocenters. The number of benzene rings is 2. The van der Waals surface area contributed by atoms with Gasteiger partial charge in [0, 0.05) is 17.3 Å². The first-order valence-corrected chi connectivity index (χ1v) is 5.94. The van der Waals surface area contributed by atoms with Crippen LogP contribution in [0.1, 0.15) is 15.9 Å². The lowest BCUT2D eigenvalue weighted by Gasteiger charge is -2.05. The summed E-state index contributed by atoms with van der Waals surface area (Å²) in [5.41, 5.74) is 3.81. The molecule has 4 heteroatoms. The molecule has 1 heterocycles. The van der Waals surface area contributed by atoms with Gasteiger partial charge in [-0.1, -0.05) is 17.7 Å². The SMILES string of the molecule is Cc1cccc(C(=O)Nc2ccc3ncoc3c2)c1. The Morgan fingerprint density at radius 3 is 2.95 bits per heavy atom. The van der Waals surface area contributed by atoms with Crippen molar-refractivity contribution in [2.45, 2.75) is 6.92 Å². The van der Waals surface area contributed by atoms with Gasteiger partial charge in [0.15, 0.2) is 12.0 Å². The smallest absolute Gasteiger partial charge is 0.255 e. The summed E-state index contributed by atoms with van der Waals surface area (Å²) in [4.78, 5) is 16.1. The summed E-state index contributed by atoms with van der Waals surface area (Å²) in [7, 11) is 0. The summed E-state index contributed by atoms with van der Waals surface area (Å²) < 4.78 is 5.20. The van der Waals surface area contributed by atoms with Crippen LogP contribution in [0.2, 0.25) is 0 Å². The lowest BCUT2D eigenvalue weighted by molar-refractivity contribution is 0.102. The molecule has 4 nitrogen and oxygen atoms in total. The van der Waals surface area contributed by atoms with Gasteiger partial charge in [-0.05, 0) is 31.2 Å². The lowest BCUT2D eigenvalue weighted by atomic mass is 10.1. The minimum absolute atomic E-state index is 0.137. The van der Waals surface area contributed by atoms with E-state index in [4.69, 9.17) is 4.42 Å². The zero-order valence-electron chi connectivity index (χ0n) is 10.4. The van der Waals surface area contributed by atoms with Gasteiger partial charge in [-0.15, -0.1) is 0 Å². The third kappa shape index (κ3) is 2.33. The fraction of sp³-hybridized carbons (Fsp3) is 0.0667.